The molecule has 15 rings (SSSR count). The SMILES string of the molecule is c1ccc2c(c1)-c1ccccc1C21c2ccccc2-c2ccc(N(c3ccc(-c4cccc5sc6ccc7ccccc7c6c45)cc3)c3ccc4c5ccccc5c5ccccc5c4c3)cc21. The lowest BCUT2D eigenvalue weighted by Crippen LogP contribution is -2.26. The molecule has 0 amide bonds. The first-order valence-corrected chi connectivity index (χ1v) is 24.1. The van der Waals surface area contributed by atoms with Crippen molar-refractivity contribution >= 4 is 91.7 Å². The molecule has 310 valence electrons. The molecule has 2 aliphatic rings. The van der Waals surface area contributed by atoms with Crippen LogP contribution in [-0.2, 0) is 5.41 Å². The Hall–Kier alpha value is -8.30. The average Bonchev–Trinajstić information content (AvgIpc) is 4.04. The van der Waals surface area contributed by atoms with Crippen molar-refractivity contribution in [3.05, 3.63) is 259 Å². The number of benzene rings is 12. The van der Waals surface area contributed by atoms with Crippen molar-refractivity contribution in [2.24, 2.45) is 0 Å². The van der Waals surface area contributed by atoms with E-state index in [2.05, 4.69) is 241 Å². The Morgan fingerprint density at radius 3 is 1.42 bits per heavy atom. The molecule has 0 atom stereocenters. The molecule has 0 N–H and O–H groups in total. The third-order valence-electron chi connectivity index (χ3n) is 15.0. The molecule has 0 unspecified atom stereocenters. The van der Waals surface area contributed by atoms with E-state index in [-0.39, 0.29) is 0 Å². The van der Waals surface area contributed by atoms with Crippen LogP contribution in [0.25, 0.3) is 96.6 Å². The van der Waals surface area contributed by atoms with Crippen molar-refractivity contribution in [2.75, 3.05) is 4.90 Å². The highest BCUT2D eigenvalue weighted by Crippen LogP contribution is 2.63. The lowest BCUT2D eigenvalue weighted by atomic mass is 9.70. The van der Waals surface area contributed by atoms with E-state index < -0.39 is 5.41 Å². The summed E-state index contributed by atoms with van der Waals surface area (Å²) in [6, 6.07) is 88.9. The van der Waals surface area contributed by atoms with E-state index >= 15 is 0 Å². The summed E-state index contributed by atoms with van der Waals surface area (Å²) in [5.74, 6) is 0. The number of nitrogens with zero attached hydrogens (tertiary/aromatic N) is 1. The van der Waals surface area contributed by atoms with Crippen LogP contribution in [0.3, 0.4) is 0 Å². The largest absolute Gasteiger partial charge is 0.310 e. The van der Waals surface area contributed by atoms with E-state index in [1.807, 2.05) is 11.3 Å². The Balaban J connectivity index is 0.975. The maximum Gasteiger partial charge on any atom is 0.0726 e. The molecule has 1 aromatic heterocycles. The smallest absolute Gasteiger partial charge is 0.0726 e. The second-order valence-electron chi connectivity index (χ2n) is 18.3. The van der Waals surface area contributed by atoms with Gasteiger partial charge in [0.1, 0.15) is 0 Å². The van der Waals surface area contributed by atoms with Gasteiger partial charge in [-0.25, -0.2) is 0 Å². The van der Waals surface area contributed by atoms with Crippen LogP contribution in [0.4, 0.5) is 17.1 Å². The van der Waals surface area contributed by atoms with Gasteiger partial charge in [-0.05, 0) is 147 Å². The first kappa shape index (κ1) is 37.0. The standard InChI is InChI=1S/C65H39NS/c1-2-15-45-40(14-1)30-37-62-64(45)63-46(23-13-27-61(63)67-62)41-28-31-42(32-29-41)66(43-33-35-51-49-18-4-3-16-47(49)48-17-5-6-19-50(48)56(51)38-43)44-34-36-55-54-22-9-12-26-59(54)65(60(55)39-44)57-24-10-7-20-52(57)53-21-8-11-25-58(53)65/h1-39H. The fourth-order valence-electron chi connectivity index (χ4n) is 12.3. The molecule has 1 heterocycles. The highest BCUT2D eigenvalue weighted by Gasteiger charge is 2.51. The van der Waals surface area contributed by atoms with Gasteiger partial charge >= 0.3 is 0 Å². The van der Waals surface area contributed by atoms with Gasteiger partial charge in [0.25, 0.3) is 0 Å². The van der Waals surface area contributed by atoms with E-state index in [1.54, 1.807) is 0 Å². The molecule has 2 aliphatic carbocycles. The lowest BCUT2D eigenvalue weighted by Gasteiger charge is -2.32. The number of anilines is 3. The number of hydrogen-bond acceptors (Lipinski definition) is 2. The molecule has 0 bridgehead atoms. The highest BCUT2D eigenvalue weighted by molar-refractivity contribution is 7.26. The highest BCUT2D eigenvalue weighted by atomic mass is 32.1. The number of thiophene rings is 1. The Bertz CT molecular complexity index is 4130. The summed E-state index contributed by atoms with van der Waals surface area (Å²) < 4.78 is 2.64. The second-order valence-corrected chi connectivity index (χ2v) is 19.3. The molecule has 1 nitrogen and oxygen atoms in total. The third-order valence-corrected chi connectivity index (χ3v) is 16.2. The first-order valence-electron chi connectivity index (χ1n) is 23.2. The summed E-state index contributed by atoms with van der Waals surface area (Å²) >= 11 is 1.89. The first-order chi connectivity index (χ1) is 33.2. The predicted molar refractivity (Wildman–Crippen MR) is 286 cm³/mol. The average molecular weight is 866 g/mol. The Labute approximate surface area is 392 Å². The second kappa shape index (κ2) is 13.9. The molecule has 0 fully saturated rings. The zero-order valence-electron chi connectivity index (χ0n) is 36.4. The normalized spacial score (nSPS) is 13.2. The summed E-state index contributed by atoms with van der Waals surface area (Å²) in [6.45, 7) is 0. The predicted octanol–water partition coefficient (Wildman–Crippen LogP) is 18.1. The minimum absolute atomic E-state index is 0.449. The molecule has 0 saturated carbocycles. The molecule has 0 aliphatic heterocycles. The van der Waals surface area contributed by atoms with Crippen LogP contribution >= 0.6 is 11.3 Å². The van der Waals surface area contributed by atoms with Crippen LogP contribution in [-0.4, -0.2) is 0 Å². The topological polar surface area (TPSA) is 3.24 Å². The molecule has 1 spiro atoms. The summed E-state index contributed by atoms with van der Waals surface area (Å²) in [6.07, 6.45) is 0. The quantitative estimate of drug-likeness (QED) is 0.159. The van der Waals surface area contributed by atoms with Crippen LogP contribution in [0.2, 0.25) is 0 Å². The third kappa shape index (κ3) is 5.03. The van der Waals surface area contributed by atoms with Crippen LogP contribution < -0.4 is 4.90 Å². The fraction of sp³-hybridized carbons (Fsp3) is 0.0154. The summed E-state index contributed by atoms with van der Waals surface area (Å²) in [5, 5.41) is 12.9. The monoisotopic (exact) mass is 865 g/mol. The minimum atomic E-state index is -0.449. The van der Waals surface area contributed by atoms with E-state index in [0.717, 1.165) is 17.1 Å². The summed E-state index contributed by atoms with van der Waals surface area (Å²) in [4.78, 5) is 2.49. The van der Waals surface area contributed by atoms with Crippen molar-refractivity contribution in [3.8, 4) is 33.4 Å². The lowest BCUT2D eigenvalue weighted by molar-refractivity contribution is 0.793. The van der Waals surface area contributed by atoms with Crippen molar-refractivity contribution < 1.29 is 0 Å². The van der Waals surface area contributed by atoms with Crippen molar-refractivity contribution in [2.45, 2.75) is 5.41 Å². The van der Waals surface area contributed by atoms with E-state index in [1.165, 1.54) is 119 Å². The van der Waals surface area contributed by atoms with Gasteiger partial charge in [0.05, 0.1) is 5.41 Å². The molecule has 0 saturated heterocycles. The van der Waals surface area contributed by atoms with Crippen LogP contribution in [0.1, 0.15) is 22.3 Å². The summed E-state index contributed by atoms with van der Waals surface area (Å²) in [7, 11) is 0. The van der Waals surface area contributed by atoms with Gasteiger partial charge in [-0.3, -0.25) is 0 Å². The van der Waals surface area contributed by atoms with Gasteiger partial charge in [-0.2, -0.15) is 0 Å². The van der Waals surface area contributed by atoms with Crippen molar-refractivity contribution in [1.82, 2.24) is 0 Å². The minimum Gasteiger partial charge on any atom is -0.310 e. The zero-order chi connectivity index (χ0) is 43.8. The van der Waals surface area contributed by atoms with E-state index in [0.29, 0.717) is 0 Å². The van der Waals surface area contributed by atoms with Gasteiger partial charge in [-0.1, -0.05) is 188 Å². The molecule has 0 radical (unpaired) electrons. The Morgan fingerprint density at radius 2 is 0.761 bits per heavy atom. The van der Waals surface area contributed by atoms with Crippen LogP contribution in [0, 0.1) is 0 Å². The molecular formula is C65H39NS. The van der Waals surface area contributed by atoms with Gasteiger partial charge in [0, 0.05) is 37.2 Å². The van der Waals surface area contributed by atoms with E-state index in [9.17, 15) is 0 Å². The van der Waals surface area contributed by atoms with Gasteiger partial charge in [0.15, 0.2) is 0 Å². The number of fused-ring (bicyclic) bond motifs is 21. The van der Waals surface area contributed by atoms with Crippen LogP contribution in [0.5, 0.6) is 0 Å². The maximum atomic E-state index is 2.51. The van der Waals surface area contributed by atoms with Gasteiger partial charge in [-0.15, -0.1) is 11.3 Å². The maximum absolute atomic E-state index is 2.51. The van der Waals surface area contributed by atoms with Crippen molar-refractivity contribution in [1.29, 1.82) is 0 Å². The van der Waals surface area contributed by atoms with Gasteiger partial charge in [0.2, 0.25) is 0 Å². The van der Waals surface area contributed by atoms with Crippen molar-refractivity contribution in [3.63, 3.8) is 0 Å². The molecule has 2 heteroatoms. The molecule has 13 aromatic rings. The zero-order valence-corrected chi connectivity index (χ0v) is 37.2. The fourth-order valence-corrected chi connectivity index (χ4v) is 13.5. The summed E-state index contributed by atoms with van der Waals surface area (Å²) in [5.41, 5.74) is 16.0. The molecule has 67 heavy (non-hydrogen) atoms. The van der Waals surface area contributed by atoms with Crippen LogP contribution in [0.15, 0.2) is 237 Å². The van der Waals surface area contributed by atoms with Gasteiger partial charge < -0.3 is 4.90 Å². The molecular weight excluding hydrogens is 827 g/mol. The Kier molecular flexibility index (Phi) is 7.65. The number of rotatable bonds is 4. The molecule has 12 aromatic carbocycles. The van der Waals surface area contributed by atoms with E-state index in [4.69, 9.17) is 0 Å². The Morgan fingerprint density at radius 1 is 0.284 bits per heavy atom. The number of hydrogen-bond donors (Lipinski definition) is 0.